The van der Waals surface area contributed by atoms with Crippen LogP contribution in [0.4, 0.5) is 10.5 Å². The Hall–Kier alpha value is -3.02. The Balaban J connectivity index is 1.46. The fraction of sp³-hybridized carbons (Fsp3) is 0.391. The monoisotopic (exact) mass is 391 g/mol. The largest absolute Gasteiger partial charge is 0.495 e. The highest BCUT2D eigenvalue weighted by molar-refractivity contribution is 6.00. The van der Waals surface area contributed by atoms with Crippen LogP contribution in [-0.4, -0.2) is 43.6 Å². The normalized spacial score (nSPS) is 20.3. The molecule has 1 unspecified atom stereocenters. The van der Waals surface area contributed by atoms with Crippen LogP contribution in [0.25, 0.3) is 0 Å². The van der Waals surface area contributed by atoms with Gasteiger partial charge in [-0.25, -0.2) is 4.79 Å². The molecule has 6 heteroatoms. The van der Waals surface area contributed by atoms with Gasteiger partial charge >= 0.3 is 6.03 Å². The molecule has 1 fully saturated rings. The molecule has 5 rings (SSSR count). The van der Waals surface area contributed by atoms with Crippen molar-refractivity contribution in [2.24, 2.45) is 0 Å². The summed E-state index contributed by atoms with van der Waals surface area (Å²) in [6.45, 7) is 2.56. The summed E-state index contributed by atoms with van der Waals surface area (Å²) in [5.41, 5.74) is 5.45. The molecule has 0 bridgehead atoms. The van der Waals surface area contributed by atoms with Crippen molar-refractivity contribution in [3.05, 3.63) is 58.7 Å². The maximum Gasteiger partial charge on any atom is 0.322 e. The number of carbonyl (C=O) groups is 2. The molecule has 0 spiro atoms. The third-order valence-corrected chi connectivity index (χ3v) is 6.36. The number of aryl methyl sites for hydroxylation is 1. The van der Waals surface area contributed by atoms with Gasteiger partial charge in [0.15, 0.2) is 0 Å². The molecule has 1 atom stereocenters. The van der Waals surface area contributed by atoms with E-state index >= 15 is 0 Å². The molecule has 29 heavy (non-hydrogen) atoms. The molecule has 2 aromatic rings. The molecule has 2 heterocycles. The molecule has 1 N–H and O–H groups in total. The summed E-state index contributed by atoms with van der Waals surface area (Å²) in [7, 11) is 1.58. The van der Waals surface area contributed by atoms with Crippen LogP contribution in [0.15, 0.2) is 36.4 Å². The number of benzene rings is 2. The van der Waals surface area contributed by atoms with E-state index in [9.17, 15) is 9.59 Å². The number of nitrogens with one attached hydrogen (secondary N) is 1. The van der Waals surface area contributed by atoms with Crippen molar-refractivity contribution in [3.8, 4) is 5.75 Å². The zero-order valence-electron chi connectivity index (χ0n) is 16.6. The first-order valence-corrected chi connectivity index (χ1v) is 10.3. The van der Waals surface area contributed by atoms with Crippen molar-refractivity contribution >= 4 is 17.6 Å². The van der Waals surface area contributed by atoms with E-state index in [1.165, 1.54) is 23.1 Å². The number of anilines is 1. The maximum absolute atomic E-state index is 13.4. The first kappa shape index (κ1) is 18.0. The molecule has 1 saturated heterocycles. The number of hydrogen-bond acceptors (Lipinski definition) is 3. The van der Waals surface area contributed by atoms with Gasteiger partial charge in [-0.05, 0) is 54.2 Å². The van der Waals surface area contributed by atoms with E-state index in [-0.39, 0.29) is 11.9 Å². The van der Waals surface area contributed by atoms with E-state index in [0.717, 1.165) is 19.4 Å². The van der Waals surface area contributed by atoms with Crippen molar-refractivity contribution in [3.63, 3.8) is 0 Å². The first-order chi connectivity index (χ1) is 14.2. The molecule has 2 aromatic carbocycles. The Kier molecular flexibility index (Phi) is 4.42. The SMILES string of the molecule is COc1ccc(C(=O)N2Cc3cccc4c3C(CCC4)C2)cc1N1CCNC1=O. The molecule has 0 aromatic heterocycles. The quantitative estimate of drug-likeness (QED) is 0.873. The van der Waals surface area contributed by atoms with Gasteiger partial charge in [0.25, 0.3) is 5.91 Å². The molecular weight excluding hydrogens is 366 g/mol. The Labute approximate surface area is 170 Å². The number of nitrogens with zero attached hydrogens (tertiary/aromatic N) is 2. The fourth-order valence-corrected chi connectivity index (χ4v) is 5.02. The van der Waals surface area contributed by atoms with Crippen LogP contribution in [0, 0.1) is 0 Å². The highest BCUT2D eigenvalue weighted by Gasteiger charge is 2.33. The third kappa shape index (κ3) is 3.03. The minimum absolute atomic E-state index is 0.00938. The van der Waals surface area contributed by atoms with Crippen molar-refractivity contribution in [1.82, 2.24) is 10.2 Å². The van der Waals surface area contributed by atoms with E-state index in [0.29, 0.717) is 42.6 Å². The second-order valence-electron chi connectivity index (χ2n) is 8.03. The van der Waals surface area contributed by atoms with Gasteiger partial charge < -0.3 is 15.0 Å². The number of rotatable bonds is 3. The average molecular weight is 391 g/mol. The van der Waals surface area contributed by atoms with Gasteiger partial charge in [-0.2, -0.15) is 0 Å². The summed E-state index contributed by atoms with van der Waals surface area (Å²) in [4.78, 5) is 29.1. The van der Waals surface area contributed by atoms with Gasteiger partial charge in [0, 0.05) is 37.7 Å². The van der Waals surface area contributed by atoms with Gasteiger partial charge in [0.1, 0.15) is 5.75 Å². The molecule has 0 radical (unpaired) electrons. The summed E-state index contributed by atoms with van der Waals surface area (Å²) in [5, 5.41) is 2.80. The smallest absolute Gasteiger partial charge is 0.322 e. The van der Waals surface area contributed by atoms with E-state index in [2.05, 4.69) is 23.5 Å². The Morgan fingerprint density at radius 3 is 2.86 bits per heavy atom. The van der Waals surface area contributed by atoms with Gasteiger partial charge in [-0.15, -0.1) is 0 Å². The van der Waals surface area contributed by atoms with Crippen LogP contribution in [0.1, 0.15) is 45.8 Å². The lowest BCUT2D eigenvalue weighted by molar-refractivity contribution is 0.0712. The van der Waals surface area contributed by atoms with Crippen molar-refractivity contribution in [1.29, 1.82) is 0 Å². The number of carbonyl (C=O) groups excluding carboxylic acids is 2. The maximum atomic E-state index is 13.4. The second kappa shape index (κ2) is 7.10. The average Bonchev–Trinajstić information content (AvgIpc) is 3.18. The topological polar surface area (TPSA) is 61.9 Å². The highest BCUT2D eigenvalue weighted by Crippen LogP contribution is 2.39. The summed E-state index contributed by atoms with van der Waals surface area (Å²) in [6.07, 6.45) is 3.46. The minimum Gasteiger partial charge on any atom is -0.495 e. The van der Waals surface area contributed by atoms with Gasteiger partial charge in [-0.1, -0.05) is 18.2 Å². The number of ether oxygens (including phenoxy) is 1. The molecule has 0 saturated carbocycles. The third-order valence-electron chi connectivity index (χ3n) is 6.36. The van der Waals surface area contributed by atoms with Gasteiger partial charge in [0.2, 0.25) is 0 Å². The second-order valence-corrected chi connectivity index (χ2v) is 8.03. The van der Waals surface area contributed by atoms with E-state index < -0.39 is 0 Å². The molecule has 1 aliphatic carbocycles. The zero-order valence-corrected chi connectivity index (χ0v) is 16.6. The summed E-state index contributed by atoms with van der Waals surface area (Å²) in [6, 6.07) is 11.7. The number of amides is 3. The number of hydrogen-bond donors (Lipinski definition) is 1. The molecule has 3 amide bonds. The van der Waals surface area contributed by atoms with Crippen molar-refractivity contribution < 1.29 is 14.3 Å². The number of methoxy groups -OCH3 is 1. The van der Waals surface area contributed by atoms with E-state index in [1.807, 2.05) is 4.90 Å². The van der Waals surface area contributed by atoms with Crippen LogP contribution in [0.3, 0.4) is 0 Å². The summed E-state index contributed by atoms with van der Waals surface area (Å²) < 4.78 is 5.44. The Morgan fingerprint density at radius 1 is 1.21 bits per heavy atom. The lowest BCUT2D eigenvalue weighted by atomic mass is 9.77. The highest BCUT2D eigenvalue weighted by atomic mass is 16.5. The number of urea groups is 1. The fourth-order valence-electron chi connectivity index (χ4n) is 5.02. The Bertz CT molecular complexity index is 987. The predicted octanol–water partition coefficient (Wildman–Crippen LogP) is 3.30. The summed E-state index contributed by atoms with van der Waals surface area (Å²) >= 11 is 0. The van der Waals surface area contributed by atoms with Gasteiger partial charge in [-0.3, -0.25) is 9.69 Å². The van der Waals surface area contributed by atoms with Gasteiger partial charge in [0.05, 0.1) is 12.8 Å². The zero-order chi connectivity index (χ0) is 20.0. The van der Waals surface area contributed by atoms with Crippen LogP contribution in [0.5, 0.6) is 5.75 Å². The molecule has 2 aliphatic heterocycles. The standard InChI is InChI=1S/C23H25N3O3/c1-29-20-9-8-16(12-19(20)26-11-10-24-23(26)28)22(27)25-13-17-6-2-4-15-5-3-7-18(14-25)21(15)17/h2,4,6,8-9,12,18H,3,5,7,10-11,13-14H2,1H3,(H,24,28). The Morgan fingerprint density at radius 2 is 2.07 bits per heavy atom. The summed E-state index contributed by atoms with van der Waals surface area (Å²) in [5.74, 6) is 1.03. The molecule has 3 aliphatic rings. The predicted molar refractivity (Wildman–Crippen MR) is 111 cm³/mol. The lowest BCUT2D eigenvalue weighted by Crippen LogP contribution is -2.39. The van der Waals surface area contributed by atoms with Crippen LogP contribution in [0.2, 0.25) is 0 Å². The van der Waals surface area contributed by atoms with Crippen molar-refractivity contribution in [2.45, 2.75) is 31.7 Å². The first-order valence-electron chi connectivity index (χ1n) is 10.3. The van der Waals surface area contributed by atoms with Crippen LogP contribution >= 0.6 is 0 Å². The lowest BCUT2D eigenvalue weighted by Gasteiger charge is -2.38. The molecular formula is C23H25N3O3. The van der Waals surface area contributed by atoms with Crippen molar-refractivity contribution in [2.75, 3.05) is 31.6 Å². The van der Waals surface area contributed by atoms with E-state index in [1.54, 1.807) is 30.2 Å². The van der Waals surface area contributed by atoms with Crippen LogP contribution in [-0.2, 0) is 13.0 Å². The molecule has 6 nitrogen and oxygen atoms in total. The molecule has 150 valence electrons. The minimum atomic E-state index is -0.158. The van der Waals surface area contributed by atoms with Crippen LogP contribution < -0.4 is 15.0 Å². The van der Waals surface area contributed by atoms with E-state index in [4.69, 9.17) is 4.74 Å².